The topological polar surface area (TPSA) is 89.6 Å². The van der Waals surface area contributed by atoms with Gasteiger partial charge in [0.15, 0.2) is 0 Å². The first-order valence-corrected chi connectivity index (χ1v) is 9.25. The largest absolute Gasteiger partial charge is 0.481 e. The lowest BCUT2D eigenvalue weighted by Gasteiger charge is -2.31. The van der Waals surface area contributed by atoms with Gasteiger partial charge < -0.3 is 15.6 Å². The number of carbonyl (C=O) groups is 2. The van der Waals surface area contributed by atoms with Gasteiger partial charge in [-0.15, -0.1) is 0 Å². The smallest absolute Gasteiger partial charge is 0.314 e. The van der Waals surface area contributed by atoms with Gasteiger partial charge in [-0.1, -0.05) is 38.1 Å². The van der Waals surface area contributed by atoms with Gasteiger partial charge in [-0.05, 0) is 63.6 Å². The van der Waals surface area contributed by atoms with E-state index in [9.17, 15) is 14.7 Å². The SMILES string of the molecule is CC(C)Cc1ccc(C(CCCN)(CC(=O)OC(C)(C)C)C(=O)O)cc1. The van der Waals surface area contributed by atoms with Crippen molar-refractivity contribution in [2.75, 3.05) is 6.54 Å². The molecular formula is C21H33NO4. The molecule has 1 unspecified atom stereocenters. The number of benzene rings is 1. The number of ether oxygens (including phenoxy) is 1. The Morgan fingerprint density at radius 2 is 1.73 bits per heavy atom. The highest BCUT2D eigenvalue weighted by Crippen LogP contribution is 2.35. The molecule has 5 nitrogen and oxygen atoms in total. The van der Waals surface area contributed by atoms with E-state index in [1.165, 1.54) is 0 Å². The normalized spacial score (nSPS) is 14.1. The Bertz CT molecular complexity index is 601. The standard InChI is InChI=1S/C21H33NO4/c1-15(2)13-16-7-9-17(10-8-16)21(19(24)25,11-6-12-22)14-18(23)26-20(3,4)5/h7-10,15H,6,11-14,22H2,1-5H3,(H,24,25). The second-order valence-electron chi connectivity index (χ2n) is 8.34. The zero-order chi connectivity index (χ0) is 20.0. The van der Waals surface area contributed by atoms with Crippen molar-refractivity contribution in [2.24, 2.45) is 11.7 Å². The van der Waals surface area contributed by atoms with Crippen LogP contribution in [0.3, 0.4) is 0 Å². The van der Waals surface area contributed by atoms with Gasteiger partial charge in [-0.2, -0.15) is 0 Å². The average Bonchev–Trinajstić information content (AvgIpc) is 2.49. The summed E-state index contributed by atoms with van der Waals surface area (Å²) in [6.45, 7) is 9.96. The molecule has 146 valence electrons. The second kappa shape index (κ2) is 9.17. The highest BCUT2D eigenvalue weighted by molar-refractivity contribution is 5.87. The molecule has 0 fully saturated rings. The van der Waals surface area contributed by atoms with Crippen molar-refractivity contribution in [1.82, 2.24) is 0 Å². The van der Waals surface area contributed by atoms with Crippen molar-refractivity contribution in [2.45, 2.75) is 71.3 Å². The van der Waals surface area contributed by atoms with Crippen molar-refractivity contribution in [1.29, 1.82) is 0 Å². The van der Waals surface area contributed by atoms with Crippen LogP contribution in [0.4, 0.5) is 0 Å². The molecule has 1 aromatic carbocycles. The summed E-state index contributed by atoms with van der Waals surface area (Å²) in [5.41, 5.74) is 5.41. The minimum Gasteiger partial charge on any atom is -0.481 e. The number of hydrogen-bond acceptors (Lipinski definition) is 4. The Labute approximate surface area is 156 Å². The molecule has 1 aromatic rings. The lowest BCUT2D eigenvalue weighted by atomic mass is 9.73. The predicted octanol–water partition coefficient (Wildman–Crippen LogP) is 3.68. The summed E-state index contributed by atoms with van der Waals surface area (Å²) >= 11 is 0. The minimum absolute atomic E-state index is 0.205. The first kappa shape index (κ1) is 22.2. The molecule has 0 spiro atoms. The summed E-state index contributed by atoms with van der Waals surface area (Å²) in [5.74, 6) is -1.01. The summed E-state index contributed by atoms with van der Waals surface area (Å²) in [6, 6.07) is 7.55. The van der Waals surface area contributed by atoms with E-state index in [0.29, 0.717) is 30.9 Å². The summed E-state index contributed by atoms with van der Waals surface area (Å²) in [7, 11) is 0. The van der Waals surface area contributed by atoms with Crippen LogP contribution >= 0.6 is 0 Å². The van der Waals surface area contributed by atoms with Gasteiger partial charge in [0, 0.05) is 0 Å². The van der Waals surface area contributed by atoms with Crippen molar-refractivity contribution in [3.63, 3.8) is 0 Å². The first-order chi connectivity index (χ1) is 12.0. The number of esters is 1. The fraction of sp³-hybridized carbons (Fsp3) is 0.619. The molecule has 0 aliphatic heterocycles. The monoisotopic (exact) mass is 363 g/mol. The van der Waals surface area contributed by atoms with Crippen LogP contribution in [0.5, 0.6) is 0 Å². The number of aliphatic carboxylic acids is 1. The van der Waals surface area contributed by atoms with E-state index in [-0.39, 0.29) is 6.42 Å². The van der Waals surface area contributed by atoms with Gasteiger partial charge in [0.1, 0.15) is 11.0 Å². The number of rotatable bonds is 9. The first-order valence-electron chi connectivity index (χ1n) is 9.25. The molecule has 0 heterocycles. The van der Waals surface area contributed by atoms with E-state index in [1.54, 1.807) is 20.8 Å². The maximum atomic E-state index is 12.4. The molecule has 0 bridgehead atoms. The van der Waals surface area contributed by atoms with Crippen LogP contribution in [0.1, 0.15) is 65.0 Å². The summed E-state index contributed by atoms with van der Waals surface area (Å²) in [5, 5.41) is 10.0. The van der Waals surface area contributed by atoms with E-state index >= 15 is 0 Å². The molecule has 1 rings (SSSR count). The minimum atomic E-state index is -1.32. The van der Waals surface area contributed by atoms with E-state index in [1.807, 2.05) is 24.3 Å². The third-order valence-electron chi connectivity index (χ3n) is 4.23. The summed E-state index contributed by atoms with van der Waals surface area (Å²) in [4.78, 5) is 24.7. The van der Waals surface area contributed by atoms with Gasteiger partial charge in [0.05, 0.1) is 6.42 Å². The van der Waals surface area contributed by atoms with Gasteiger partial charge in [0.2, 0.25) is 0 Å². The van der Waals surface area contributed by atoms with E-state index < -0.39 is 23.0 Å². The molecular weight excluding hydrogens is 330 g/mol. The van der Waals surface area contributed by atoms with Crippen LogP contribution in [0, 0.1) is 5.92 Å². The molecule has 0 amide bonds. The average molecular weight is 363 g/mol. The molecule has 0 radical (unpaired) electrons. The number of carbonyl (C=O) groups excluding carboxylic acids is 1. The Morgan fingerprint density at radius 3 is 2.15 bits per heavy atom. The summed E-state index contributed by atoms with van der Waals surface area (Å²) < 4.78 is 5.39. The lowest BCUT2D eigenvalue weighted by molar-refractivity contribution is -0.161. The number of carboxylic acids is 1. The van der Waals surface area contributed by atoms with Crippen molar-refractivity contribution >= 4 is 11.9 Å². The molecule has 0 saturated heterocycles. The van der Waals surface area contributed by atoms with Gasteiger partial charge in [-0.25, -0.2) is 0 Å². The number of nitrogens with two attached hydrogens (primary N) is 1. The maximum absolute atomic E-state index is 12.4. The van der Waals surface area contributed by atoms with Gasteiger partial charge in [-0.3, -0.25) is 9.59 Å². The van der Waals surface area contributed by atoms with Crippen molar-refractivity contribution in [3.05, 3.63) is 35.4 Å². The zero-order valence-corrected chi connectivity index (χ0v) is 16.7. The third kappa shape index (κ3) is 6.45. The van der Waals surface area contributed by atoms with E-state index in [2.05, 4.69) is 13.8 Å². The summed E-state index contributed by atoms with van der Waals surface area (Å²) in [6.07, 6.45) is 1.53. The highest BCUT2D eigenvalue weighted by Gasteiger charge is 2.43. The fourth-order valence-electron chi connectivity index (χ4n) is 3.10. The molecule has 5 heteroatoms. The van der Waals surface area contributed by atoms with E-state index in [0.717, 1.165) is 12.0 Å². The molecule has 0 aliphatic rings. The molecule has 1 atom stereocenters. The van der Waals surface area contributed by atoms with Crippen molar-refractivity contribution < 1.29 is 19.4 Å². The highest BCUT2D eigenvalue weighted by atomic mass is 16.6. The number of hydrogen-bond donors (Lipinski definition) is 2. The van der Waals surface area contributed by atoms with Crippen LogP contribution in [0.2, 0.25) is 0 Å². The quantitative estimate of drug-likeness (QED) is 0.653. The molecule has 0 aliphatic carbocycles. The van der Waals surface area contributed by atoms with E-state index in [4.69, 9.17) is 10.5 Å². The Kier molecular flexibility index (Phi) is 7.82. The van der Waals surface area contributed by atoms with Gasteiger partial charge in [0.25, 0.3) is 0 Å². The molecule has 0 aromatic heterocycles. The van der Waals surface area contributed by atoms with Crippen LogP contribution < -0.4 is 5.73 Å². The Morgan fingerprint density at radius 1 is 1.15 bits per heavy atom. The Balaban J connectivity index is 3.21. The van der Waals surface area contributed by atoms with Crippen LogP contribution in [-0.4, -0.2) is 29.2 Å². The van der Waals surface area contributed by atoms with Crippen LogP contribution in [0.15, 0.2) is 24.3 Å². The van der Waals surface area contributed by atoms with Crippen molar-refractivity contribution in [3.8, 4) is 0 Å². The zero-order valence-electron chi connectivity index (χ0n) is 16.7. The van der Waals surface area contributed by atoms with Crippen LogP contribution in [0.25, 0.3) is 0 Å². The lowest BCUT2D eigenvalue weighted by Crippen LogP contribution is -2.40. The Hall–Kier alpha value is -1.88. The second-order valence-corrected chi connectivity index (χ2v) is 8.34. The fourth-order valence-corrected chi connectivity index (χ4v) is 3.10. The molecule has 3 N–H and O–H groups in total. The van der Waals surface area contributed by atoms with Gasteiger partial charge >= 0.3 is 11.9 Å². The predicted molar refractivity (Wildman–Crippen MR) is 103 cm³/mol. The molecule has 26 heavy (non-hydrogen) atoms. The maximum Gasteiger partial charge on any atom is 0.314 e. The molecule has 0 saturated carbocycles. The van der Waals surface area contributed by atoms with Crippen LogP contribution in [-0.2, 0) is 26.2 Å². The number of carboxylic acid groups (broad SMARTS) is 1. The third-order valence-corrected chi connectivity index (χ3v) is 4.23.